The van der Waals surface area contributed by atoms with Crippen molar-refractivity contribution in [2.75, 3.05) is 26.7 Å². The summed E-state index contributed by atoms with van der Waals surface area (Å²) in [6, 6.07) is 0. The summed E-state index contributed by atoms with van der Waals surface area (Å²) in [6.07, 6.45) is 1.22. The summed E-state index contributed by atoms with van der Waals surface area (Å²) in [6.45, 7) is 3.42. The molecule has 0 aromatic heterocycles. The molecule has 2 unspecified atom stereocenters. The van der Waals surface area contributed by atoms with Crippen molar-refractivity contribution in [1.29, 1.82) is 0 Å². The van der Waals surface area contributed by atoms with E-state index in [1.165, 1.54) is 7.11 Å². The smallest absolute Gasteiger partial charge is 0.336 e. The second-order valence-corrected chi connectivity index (χ2v) is 4.71. The van der Waals surface area contributed by atoms with Crippen molar-refractivity contribution >= 4 is 11.9 Å². The fourth-order valence-electron chi connectivity index (χ4n) is 2.34. The van der Waals surface area contributed by atoms with Crippen molar-refractivity contribution in [3.8, 4) is 0 Å². The largest absolute Gasteiger partial charge is 0.467 e. The number of ether oxygens (including phenoxy) is 1. The van der Waals surface area contributed by atoms with Crippen LogP contribution < -0.4 is 10.6 Å². The van der Waals surface area contributed by atoms with Crippen LogP contribution in [0.1, 0.15) is 26.2 Å². The fraction of sp³-hybridized carbons (Fsp3) is 0.833. The zero-order valence-corrected chi connectivity index (χ0v) is 11.0. The van der Waals surface area contributed by atoms with Gasteiger partial charge in [-0.3, -0.25) is 4.79 Å². The van der Waals surface area contributed by atoms with Crippen LogP contribution in [0.15, 0.2) is 0 Å². The van der Waals surface area contributed by atoms with E-state index in [1.54, 1.807) is 0 Å². The molecule has 6 nitrogen and oxygen atoms in total. The Hall–Kier alpha value is -1.14. The molecule has 1 amide bonds. The Labute approximate surface area is 107 Å². The zero-order valence-electron chi connectivity index (χ0n) is 11.0. The third-order valence-corrected chi connectivity index (χ3v) is 3.38. The van der Waals surface area contributed by atoms with Crippen molar-refractivity contribution in [3.05, 3.63) is 0 Å². The Morgan fingerprint density at radius 1 is 1.56 bits per heavy atom. The second-order valence-electron chi connectivity index (χ2n) is 4.71. The number of carbonyl (C=O) groups excluding carboxylic acids is 2. The first-order chi connectivity index (χ1) is 8.55. The Balaban J connectivity index is 2.50. The number of methoxy groups -OCH3 is 1. The zero-order chi connectivity index (χ0) is 13.6. The van der Waals surface area contributed by atoms with Gasteiger partial charge in [-0.25, -0.2) is 4.79 Å². The maximum atomic E-state index is 12.2. The van der Waals surface area contributed by atoms with E-state index in [4.69, 9.17) is 0 Å². The lowest BCUT2D eigenvalue weighted by atomic mass is 9.81. The van der Waals surface area contributed by atoms with E-state index in [1.807, 2.05) is 6.92 Å². The van der Waals surface area contributed by atoms with Crippen LogP contribution in [0.4, 0.5) is 0 Å². The van der Waals surface area contributed by atoms with Crippen LogP contribution in [0.25, 0.3) is 0 Å². The summed E-state index contributed by atoms with van der Waals surface area (Å²) >= 11 is 0. The van der Waals surface area contributed by atoms with Gasteiger partial charge in [0.05, 0.1) is 19.1 Å². The average molecular weight is 258 g/mol. The lowest BCUT2D eigenvalue weighted by Gasteiger charge is -2.26. The Morgan fingerprint density at radius 2 is 2.28 bits per heavy atom. The topological polar surface area (TPSA) is 87.7 Å². The van der Waals surface area contributed by atoms with Gasteiger partial charge in [0.25, 0.3) is 0 Å². The number of aliphatic hydroxyl groups excluding tert-OH is 1. The van der Waals surface area contributed by atoms with E-state index in [0.29, 0.717) is 6.54 Å². The predicted octanol–water partition coefficient (Wildman–Crippen LogP) is -0.584. The highest BCUT2D eigenvalue weighted by atomic mass is 16.5. The van der Waals surface area contributed by atoms with Crippen LogP contribution in [0.5, 0.6) is 0 Å². The molecule has 3 N–H and O–H groups in total. The number of aliphatic hydroxyl groups is 1. The maximum absolute atomic E-state index is 12.2. The highest BCUT2D eigenvalue weighted by Crippen LogP contribution is 2.31. The minimum Gasteiger partial charge on any atom is -0.467 e. The molecule has 0 aromatic carbocycles. The SMILES string of the molecule is CCCC1(C(=O)NCC(O)C(=O)OC)CCNC1. The van der Waals surface area contributed by atoms with Gasteiger partial charge in [-0.2, -0.15) is 0 Å². The normalized spacial score (nSPS) is 24.6. The molecule has 1 saturated heterocycles. The van der Waals surface area contributed by atoms with Crippen molar-refractivity contribution in [2.45, 2.75) is 32.3 Å². The van der Waals surface area contributed by atoms with Gasteiger partial charge in [-0.1, -0.05) is 13.3 Å². The first-order valence-electron chi connectivity index (χ1n) is 6.30. The fourth-order valence-corrected chi connectivity index (χ4v) is 2.34. The van der Waals surface area contributed by atoms with E-state index in [-0.39, 0.29) is 12.5 Å². The number of nitrogens with one attached hydrogen (secondary N) is 2. The number of rotatable bonds is 6. The van der Waals surface area contributed by atoms with E-state index in [9.17, 15) is 14.7 Å². The standard InChI is InChI=1S/C12H22N2O4/c1-3-4-12(5-6-13-8-12)11(17)14-7-9(15)10(16)18-2/h9,13,15H,3-8H2,1-2H3,(H,14,17). The molecule has 104 valence electrons. The lowest BCUT2D eigenvalue weighted by Crippen LogP contribution is -2.46. The summed E-state index contributed by atoms with van der Waals surface area (Å²) in [5, 5.41) is 15.2. The van der Waals surface area contributed by atoms with Gasteiger partial charge >= 0.3 is 5.97 Å². The quantitative estimate of drug-likeness (QED) is 0.555. The van der Waals surface area contributed by atoms with Crippen LogP contribution in [-0.4, -0.2) is 49.8 Å². The second kappa shape index (κ2) is 6.70. The van der Waals surface area contributed by atoms with Crippen molar-refractivity contribution < 1.29 is 19.4 Å². The number of amides is 1. The van der Waals surface area contributed by atoms with E-state index in [0.717, 1.165) is 25.8 Å². The molecule has 0 bridgehead atoms. The number of hydrogen-bond acceptors (Lipinski definition) is 5. The molecule has 1 heterocycles. The lowest BCUT2D eigenvalue weighted by molar-refractivity contribution is -0.150. The molecule has 2 atom stereocenters. The van der Waals surface area contributed by atoms with Crippen LogP contribution in [0.2, 0.25) is 0 Å². The maximum Gasteiger partial charge on any atom is 0.336 e. The molecule has 1 aliphatic heterocycles. The molecular weight excluding hydrogens is 236 g/mol. The Morgan fingerprint density at radius 3 is 2.78 bits per heavy atom. The average Bonchev–Trinajstić information content (AvgIpc) is 2.84. The molecule has 0 spiro atoms. The number of esters is 1. The Kier molecular flexibility index (Phi) is 5.55. The summed E-state index contributed by atoms with van der Waals surface area (Å²) in [5.41, 5.74) is -0.398. The monoisotopic (exact) mass is 258 g/mol. The van der Waals surface area contributed by atoms with Crippen LogP contribution in [0.3, 0.4) is 0 Å². The molecule has 0 aliphatic carbocycles. The molecule has 0 radical (unpaired) electrons. The van der Waals surface area contributed by atoms with Gasteiger partial charge < -0.3 is 20.5 Å². The molecule has 6 heteroatoms. The van der Waals surface area contributed by atoms with E-state index in [2.05, 4.69) is 15.4 Å². The number of hydrogen-bond donors (Lipinski definition) is 3. The van der Waals surface area contributed by atoms with Crippen molar-refractivity contribution in [2.24, 2.45) is 5.41 Å². The third kappa shape index (κ3) is 3.43. The van der Waals surface area contributed by atoms with Crippen molar-refractivity contribution in [1.82, 2.24) is 10.6 Å². The Bertz CT molecular complexity index is 300. The minimum absolute atomic E-state index is 0.0997. The van der Waals surface area contributed by atoms with Gasteiger partial charge in [0, 0.05) is 6.54 Å². The van der Waals surface area contributed by atoms with Crippen LogP contribution in [-0.2, 0) is 14.3 Å². The van der Waals surface area contributed by atoms with Gasteiger partial charge in [-0.05, 0) is 19.4 Å². The first kappa shape index (κ1) is 14.9. The van der Waals surface area contributed by atoms with E-state index < -0.39 is 17.5 Å². The molecule has 0 aromatic rings. The summed E-state index contributed by atoms with van der Waals surface area (Å²) in [5.74, 6) is -0.832. The molecule has 18 heavy (non-hydrogen) atoms. The molecule has 1 aliphatic rings. The third-order valence-electron chi connectivity index (χ3n) is 3.38. The van der Waals surface area contributed by atoms with Gasteiger partial charge in [-0.15, -0.1) is 0 Å². The van der Waals surface area contributed by atoms with E-state index >= 15 is 0 Å². The molecule has 1 fully saturated rings. The van der Waals surface area contributed by atoms with Gasteiger partial charge in [0.1, 0.15) is 0 Å². The van der Waals surface area contributed by atoms with Crippen LogP contribution in [0, 0.1) is 5.41 Å². The molecule has 0 saturated carbocycles. The highest BCUT2D eigenvalue weighted by Gasteiger charge is 2.40. The van der Waals surface area contributed by atoms with Crippen molar-refractivity contribution in [3.63, 3.8) is 0 Å². The minimum atomic E-state index is -1.30. The summed E-state index contributed by atoms with van der Waals surface area (Å²) < 4.78 is 4.39. The summed E-state index contributed by atoms with van der Waals surface area (Å²) in [4.78, 5) is 23.2. The summed E-state index contributed by atoms with van der Waals surface area (Å²) in [7, 11) is 1.20. The van der Waals surface area contributed by atoms with Gasteiger partial charge in [0.2, 0.25) is 5.91 Å². The molecule has 1 rings (SSSR count). The first-order valence-corrected chi connectivity index (χ1v) is 6.30. The number of carbonyl (C=O) groups is 2. The highest BCUT2D eigenvalue weighted by molar-refractivity contribution is 5.84. The predicted molar refractivity (Wildman–Crippen MR) is 65.9 cm³/mol. The van der Waals surface area contributed by atoms with Gasteiger partial charge in [0.15, 0.2) is 6.10 Å². The molecular formula is C12H22N2O4. The van der Waals surface area contributed by atoms with Crippen LogP contribution >= 0.6 is 0 Å².